The fraction of sp³-hybridized carbons (Fsp3) is 0.368. The topological polar surface area (TPSA) is 118 Å². The third kappa shape index (κ3) is 12.4. The summed E-state index contributed by atoms with van der Waals surface area (Å²) in [6.45, 7) is 33.6. The predicted molar refractivity (Wildman–Crippen MR) is 285 cm³/mol. The lowest BCUT2D eigenvalue weighted by molar-refractivity contribution is -0.134. The summed E-state index contributed by atoms with van der Waals surface area (Å²) >= 11 is 0. The monoisotopic (exact) mass is 932 g/mol. The van der Waals surface area contributed by atoms with Crippen molar-refractivity contribution in [2.75, 3.05) is 50.1 Å². The molecule has 2 amide bonds. The van der Waals surface area contributed by atoms with Gasteiger partial charge >= 0.3 is 0 Å². The van der Waals surface area contributed by atoms with E-state index >= 15 is 0 Å². The highest BCUT2D eigenvalue weighted by Crippen LogP contribution is 2.39. The number of amidine groups is 1. The van der Waals surface area contributed by atoms with Crippen molar-refractivity contribution in [2.45, 2.75) is 87.2 Å². The molecule has 0 bridgehead atoms. The number of nitrogens with one attached hydrogen (secondary N) is 3. The number of allylic oxidation sites excluding steroid dienone is 3. The number of aryl methyl sites for hydroxylation is 1. The second kappa shape index (κ2) is 23.4. The number of methoxy groups -OCH3 is 1. The van der Waals surface area contributed by atoms with Crippen LogP contribution in [0.2, 0.25) is 0 Å². The van der Waals surface area contributed by atoms with E-state index in [0.29, 0.717) is 30.1 Å². The molecule has 1 unspecified atom stereocenters. The lowest BCUT2D eigenvalue weighted by Gasteiger charge is -2.36. The second-order valence-electron chi connectivity index (χ2n) is 18.1. The lowest BCUT2D eigenvalue weighted by atomic mass is 9.98. The molecule has 3 fully saturated rings. The number of anilines is 2. The number of aromatic nitrogens is 1. The molecule has 8 rings (SSSR count). The van der Waals surface area contributed by atoms with E-state index in [1.807, 2.05) is 94.2 Å². The zero-order valence-electron chi connectivity index (χ0n) is 42.6. The molecule has 1 aromatic heterocycles. The molecular weight excluding hydrogens is 859 g/mol. The quantitative estimate of drug-likeness (QED) is 0.0884. The minimum absolute atomic E-state index is 0.226. The number of aliphatic imine (C=N–C) groups is 1. The number of hydrazine groups is 1. The summed E-state index contributed by atoms with van der Waals surface area (Å²) < 4.78 is 5.95. The number of pyridine rings is 1. The predicted octanol–water partition coefficient (Wildman–Crippen LogP) is 10.8. The number of piperazine rings is 1. The summed E-state index contributed by atoms with van der Waals surface area (Å²) in [5.41, 5.74) is 16.4. The van der Waals surface area contributed by atoms with E-state index in [1.54, 1.807) is 7.11 Å². The molecule has 4 aromatic rings. The van der Waals surface area contributed by atoms with Crippen LogP contribution in [0.5, 0.6) is 5.75 Å². The van der Waals surface area contributed by atoms with Crippen LogP contribution in [0.4, 0.5) is 17.1 Å². The van der Waals surface area contributed by atoms with Crippen molar-refractivity contribution in [3.05, 3.63) is 150 Å². The summed E-state index contributed by atoms with van der Waals surface area (Å²) in [4.78, 5) is 41.2. The Hall–Kier alpha value is -6.92. The third-order valence-corrected chi connectivity index (χ3v) is 13.1. The Morgan fingerprint density at radius 2 is 1.65 bits per heavy atom. The van der Waals surface area contributed by atoms with Gasteiger partial charge in [-0.15, -0.1) is 0 Å². The van der Waals surface area contributed by atoms with Crippen LogP contribution < -0.4 is 30.6 Å². The number of para-hydroxylation sites is 1. The summed E-state index contributed by atoms with van der Waals surface area (Å²) in [6.07, 6.45) is 8.13. The normalized spacial score (nSPS) is 19.8. The van der Waals surface area contributed by atoms with Crippen LogP contribution in [-0.2, 0) is 16.1 Å². The highest BCUT2D eigenvalue weighted by atomic mass is 16.5. The average Bonchev–Trinajstić information content (AvgIpc) is 4.02. The van der Waals surface area contributed by atoms with E-state index in [4.69, 9.17) is 14.7 Å². The molecule has 69 heavy (non-hydrogen) atoms. The number of amides is 2. The fourth-order valence-electron chi connectivity index (χ4n) is 8.91. The van der Waals surface area contributed by atoms with Crippen LogP contribution in [0.25, 0.3) is 22.4 Å². The Kier molecular flexibility index (Phi) is 17.5. The van der Waals surface area contributed by atoms with Crippen molar-refractivity contribution in [2.24, 2.45) is 16.8 Å². The van der Waals surface area contributed by atoms with Gasteiger partial charge in [-0.2, -0.15) is 0 Å². The average molecular weight is 932 g/mol. The Morgan fingerprint density at radius 1 is 0.971 bits per heavy atom. The number of imide groups is 1. The number of hydrogen-bond acceptors (Lipinski definition) is 10. The van der Waals surface area contributed by atoms with Crippen LogP contribution >= 0.6 is 0 Å². The van der Waals surface area contributed by atoms with E-state index in [2.05, 4.69) is 115 Å². The van der Waals surface area contributed by atoms with Gasteiger partial charge in [0.1, 0.15) is 17.6 Å². The number of carbonyl (C=O) groups excluding carboxylic acids is 2. The number of rotatable bonds is 13. The molecule has 0 radical (unpaired) electrons. The number of likely N-dealkylation sites (N-methyl/N-ethyl adjacent to an activating group) is 1. The zero-order chi connectivity index (χ0) is 49.9. The van der Waals surface area contributed by atoms with Gasteiger partial charge in [-0.05, 0) is 123 Å². The van der Waals surface area contributed by atoms with Gasteiger partial charge in [-0.25, -0.2) is 4.99 Å². The number of piperidine rings is 1. The molecule has 3 atom stereocenters. The summed E-state index contributed by atoms with van der Waals surface area (Å²) in [5, 5.41) is 7.60. The number of ether oxygens (including phenoxy) is 1. The summed E-state index contributed by atoms with van der Waals surface area (Å²) in [7, 11) is 3.52. The van der Waals surface area contributed by atoms with Gasteiger partial charge in [-0.3, -0.25) is 35.2 Å². The maximum absolute atomic E-state index is 12.7. The number of benzene rings is 3. The van der Waals surface area contributed by atoms with Crippen molar-refractivity contribution in [1.29, 1.82) is 0 Å². The van der Waals surface area contributed by atoms with Crippen LogP contribution in [0.1, 0.15) is 78.9 Å². The van der Waals surface area contributed by atoms with Gasteiger partial charge in [0.05, 0.1) is 29.9 Å². The summed E-state index contributed by atoms with van der Waals surface area (Å²) in [5.74, 6) is 2.86. The van der Waals surface area contributed by atoms with Crippen LogP contribution in [-0.4, -0.2) is 78.9 Å². The van der Waals surface area contributed by atoms with Crippen LogP contribution in [0.3, 0.4) is 0 Å². The Balaban J connectivity index is 0.00000104. The van der Waals surface area contributed by atoms with Crippen molar-refractivity contribution in [1.82, 2.24) is 31.0 Å². The molecular formula is C57H73N9O3. The number of carbonyl (C=O) groups is 2. The lowest BCUT2D eigenvalue weighted by Crippen LogP contribution is -2.52. The molecule has 3 N–H and O–H groups in total. The Morgan fingerprint density at radius 3 is 2.20 bits per heavy atom. The highest BCUT2D eigenvalue weighted by Gasteiger charge is 2.33. The van der Waals surface area contributed by atoms with Gasteiger partial charge in [0.25, 0.3) is 0 Å². The molecule has 3 aliphatic heterocycles. The number of hydrogen-bond donors (Lipinski definition) is 3. The maximum Gasteiger partial charge on any atom is 0.249 e. The standard InChI is InChI=1S/C50H57N9O3.C5H10.C2H6/c1-10-44(32(2)3)59-35(7)43(51-8)29-47(55-59)53-42-13-11-12-40(49(42)62-9)41-20-14-36(30-52-41)31-56-24-26-57(27-25-56)39-18-15-37(16-19-39)38-17-21-45(34(6)28-38)58(33(4)5)46-22-23-48(60)54-50(46)61;1-4-3-5(4)2;1-2/h10-21,28-30,46,51H,2,4,7,22-27,31H2,1,3,5-6,8-9H3,(H,53,55)(H,54,60,61);4-5H,3H2,1-2H3;1-2H3/b44-10-;;/t;4-,5+;. The molecule has 2 saturated heterocycles. The fourth-order valence-corrected chi connectivity index (χ4v) is 8.91. The first-order chi connectivity index (χ1) is 33.2. The van der Waals surface area contributed by atoms with Crippen molar-refractivity contribution in [3.63, 3.8) is 0 Å². The van der Waals surface area contributed by atoms with Crippen molar-refractivity contribution in [3.8, 4) is 28.1 Å². The second-order valence-corrected chi connectivity index (χ2v) is 18.1. The summed E-state index contributed by atoms with van der Waals surface area (Å²) in [6, 6.07) is 24.7. The molecule has 364 valence electrons. The molecule has 3 aromatic carbocycles. The Labute approximate surface area is 411 Å². The van der Waals surface area contributed by atoms with Gasteiger partial charge in [-0.1, -0.05) is 83.8 Å². The molecule has 12 heteroatoms. The first kappa shape index (κ1) is 51.5. The van der Waals surface area contributed by atoms with Crippen LogP contribution in [0.15, 0.2) is 144 Å². The van der Waals surface area contributed by atoms with Crippen molar-refractivity contribution >= 4 is 34.7 Å². The smallest absolute Gasteiger partial charge is 0.249 e. The molecule has 4 heterocycles. The number of nitrogens with zero attached hydrogens (tertiary/aromatic N) is 6. The van der Waals surface area contributed by atoms with Gasteiger partial charge in [0.2, 0.25) is 11.8 Å². The molecule has 1 aliphatic carbocycles. The van der Waals surface area contributed by atoms with E-state index in [-0.39, 0.29) is 11.8 Å². The third-order valence-electron chi connectivity index (χ3n) is 13.1. The maximum atomic E-state index is 12.7. The minimum atomic E-state index is -0.461. The SMILES string of the molecule is C=C(C)/C(=C/C)N1NC(=Nc2cccc(-c3ccc(CN4CCN(c5ccc(-c6ccc(N(C(=C)C)C7CCC(=O)NC7=O)c(C)c6)cc5)CC4)cn3)c2OC)C=C(NC)C1=C.CC.C[C@@H]1C[C@@H]1C. The largest absolute Gasteiger partial charge is 0.494 e. The molecule has 12 nitrogen and oxygen atoms in total. The van der Waals surface area contributed by atoms with Gasteiger partial charge in [0, 0.05) is 81.1 Å². The zero-order valence-corrected chi connectivity index (χ0v) is 42.6. The molecule has 4 aliphatic rings. The van der Waals surface area contributed by atoms with E-state index in [1.165, 1.54) is 12.1 Å². The van der Waals surface area contributed by atoms with E-state index < -0.39 is 6.04 Å². The first-order valence-electron chi connectivity index (χ1n) is 24.3. The first-order valence-corrected chi connectivity index (χ1v) is 24.3. The van der Waals surface area contributed by atoms with Gasteiger partial charge in [0.15, 0.2) is 5.75 Å². The minimum Gasteiger partial charge on any atom is -0.494 e. The van der Waals surface area contributed by atoms with Crippen molar-refractivity contribution < 1.29 is 14.3 Å². The molecule has 1 saturated carbocycles. The van der Waals surface area contributed by atoms with Gasteiger partial charge < -0.3 is 19.9 Å². The van der Waals surface area contributed by atoms with E-state index in [0.717, 1.165) is 112 Å². The highest BCUT2D eigenvalue weighted by molar-refractivity contribution is 6.02. The molecule has 0 spiro atoms. The van der Waals surface area contributed by atoms with Crippen LogP contribution in [0, 0.1) is 18.8 Å². The Bertz CT molecular complexity index is 2600. The van der Waals surface area contributed by atoms with E-state index in [9.17, 15) is 9.59 Å².